The van der Waals surface area contributed by atoms with Gasteiger partial charge in [0.25, 0.3) is 10.0 Å². The lowest BCUT2D eigenvalue weighted by Gasteiger charge is -2.25. The Morgan fingerprint density at radius 3 is 2.60 bits per heavy atom. The molecule has 114 valence electrons. The Hall–Kier alpha value is -0.960. The van der Waals surface area contributed by atoms with Gasteiger partial charge in [-0.25, -0.2) is 8.42 Å². The molecule has 0 amide bonds. The van der Waals surface area contributed by atoms with Gasteiger partial charge in [-0.05, 0) is 39.8 Å². The van der Waals surface area contributed by atoms with E-state index in [2.05, 4.69) is 14.9 Å². The number of aryl methyl sites for hydroxylation is 2. The maximum atomic E-state index is 12.0. The molecule has 0 spiro atoms. The van der Waals surface area contributed by atoms with Crippen LogP contribution in [0.5, 0.6) is 0 Å². The van der Waals surface area contributed by atoms with E-state index >= 15 is 0 Å². The summed E-state index contributed by atoms with van der Waals surface area (Å²) in [6, 6.07) is 0. The van der Waals surface area contributed by atoms with Gasteiger partial charge in [0, 0.05) is 6.54 Å². The molecule has 0 saturated carbocycles. The SMILES string of the molecule is Cc1noc(C)c1S(=O)(=O)NOCCN1CCCCC1. The molecule has 2 heterocycles. The number of aromatic nitrogens is 1. The Morgan fingerprint density at radius 2 is 2.00 bits per heavy atom. The van der Waals surface area contributed by atoms with Crippen molar-refractivity contribution < 1.29 is 17.8 Å². The maximum absolute atomic E-state index is 12.0. The maximum Gasteiger partial charge on any atom is 0.267 e. The summed E-state index contributed by atoms with van der Waals surface area (Å²) in [6.07, 6.45) is 3.67. The van der Waals surface area contributed by atoms with Crippen molar-refractivity contribution in [1.29, 1.82) is 0 Å². The average Bonchev–Trinajstić information content (AvgIpc) is 2.76. The number of sulfonamides is 1. The second kappa shape index (κ2) is 6.66. The zero-order chi connectivity index (χ0) is 14.6. The quantitative estimate of drug-likeness (QED) is 0.623. The topological polar surface area (TPSA) is 84.7 Å². The minimum Gasteiger partial charge on any atom is -0.360 e. The highest BCUT2D eigenvalue weighted by atomic mass is 32.2. The van der Waals surface area contributed by atoms with E-state index in [4.69, 9.17) is 9.36 Å². The Bertz CT molecular complexity index is 515. The monoisotopic (exact) mass is 303 g/mol. The van der Waals surface area contributed by atoms with E-state index in [-0.39, 0.29) is 10.7 Å². The first-order valence-electron chi connectivity index (χ1n) is 6.79. The molecule has 0 atom stereocenters. The zero-order valence-electron chi connectivity index (χ0n) is 11.9. The summed E-state index contributed by atoms with van der Waals surface area (Å²) < 4.78 is 28.9. The lowest BCUT2D eigenvalue weighted by Crippen LogP contribution is -2.35. The molecular weight excluding hydrogens is 282 g/mol. The molecule has 20 heavy (non-hydrogen) atoms. The van der Waals surface area contributed by atoms with E-state index < -0.39 is 10.0 Å². The van der Waals surface area contributed by atoms with Crippen LogP contribution in [-0.2, 0) is 14.9 Å². The number of hydrogen-bond donors (Lipinski definition) is 1. The van der Waals surface area contributed by atoms with E-state index in [1.807, 2.05) is 0 Å². The van der Waals surface area contributed by atoms with Crippen LogP contribution >= 0.6 is 0 Å². The van der Waals surface area contributed by atoms with Gasteiger partial charge in [0.05, 0.1) is 6.61 Å². The smallest absolute Gasteiger partial charge is 0.267 e. The fraction of sp³-hybridized carbons (Fsp3) is 0.750. The summed E-state index contributed by atoms with van der Waals surface area (Å²) in [7, 11) is -3.73. The second-order valence-corrected chi connectivity index (χ2v) is 6.57. The van der Waals surface area contributed by atoms with Crippen LogP contribution in [0, 0.1) is 13.8 Å². The third-order valence-corrected chi connectivity index (χ3v) is 4.82. The summed E-state index contributed by atoms with van der Waals surface area (Å²) in [6.45, 7) is 6.30. The van der Waals surface area contributed by atoms with E-state index in [1.54, 1.807) is 13.8 Å². The lowest BCUT2D eigenvalue weighted by molar-refractivity contribution is 0.0655. The first-order valence-corrected chi connectivity index (χ1v) is 8.28. The minimum absolute atomic E-state index is 0.0514. The molecule has 2 rings (SSSR count). The summed E-state index contributed by atoms with van der Waals surface area (Å²) in [5, 5.41) is 3.63. The van der Waals surface area contributed by atoms with Gasteiger partial charge < -0.3 is 9.42 Å². The summed E-state index contributed by atoms with van der Waals surface area (Å²) in [5.74, 6) is 0.259. The van der Waals surface area contributed by atoms with E-state index in [9.17, 15) is 8.42 Å². The summed E-state index contributed by atoms with van der Waals surface area (Å²) in [5.41, 5.74) is 0.328. The van der Waals surface area contributed by atoms with Crippen molar-refractivity contribution in [3.63, 3.8) is 0 Å². The van der Waals surface area contributed by atoms with Gasteiger partial charge in [0.1, 0.15) is 10.6 Å². The highest BCUT2D eigenvalue weighted by Gasteiger charge is 2.24. The Morgan fingerprint density at radius 1 is 1.30 bits per heavy atom. The van der Waals surface area contributed by atoms with Crippen molar-refractivity contribution in [3.05, 3.63) is 11.5 Å². The van der Waals surface area contributed by atoms with E-state index in [1.165, 1.54) is 19.3 Å². The zero-order valence-corrected chi connectivity index (χ0v) is 12.7. The number of rotatable bonds is 6. The molecule has 7 nitrogen and oxygen atoms in total. The number of nitrogens with one attached hydrogen (secondary N) is 1. The molecule has 1 aliphatic rings. The van der Waals surface area contributed by atoms with Gasteiger partial charge in [-0.15, -0.1) is 0 Å². The molecule has 1 aliphatic heterocycles. The summed E-state index contributed by atoms with van der Waals surface area (Å²) in [4.78, 5) is 9.54. The molecular formula is C12H21N3O4S. The minimum atomic E-state index is -3.73. The van der Waals surface area contributed by atoms with Crippen LogP contribution < -0.4 is 4.89 Å². The van der Waals surface area contributed by atoms with Gasteiger partial charge in [-0.1, -0.05) is 16.5 Å². The van der Waals surface area contributed by atoms with Crippen molar-refractivity contribution >= 4 is 10.0 Å². The highest BCUT2D eigenvalue weighted by Crippen LogP contribution is 2.18. The predicted octanol–water partition coefficient (Wildman–Crippen LogP) is 0.987. The number of piperidine rings is 1. The van der Waals surface area contributed by atoms with Crippen molar-refractivity contribution in [2.45, 2.75) is 38.0 Å². The Balaban J connectivity index is 1.81. The first-order chi connectivity index (χ1) is 9.50. The molecule has 0 unspecified atom stereocenters. The average molecular weight is 303 g/mol. The normalized spacial score (nSPS) is 17.5. The molecule has 1 fully saturated rings. The summed E-state index contributed by atoms with van der Waals surface area (Å²) >= 11 is 0. The lowest BCUT2D eigenvalue weighted by atomic mass is 10.1. The molecule has 1 aromatic rings. The van der Waals surface area contributed by atoms with Crippen LogP contribution in [0.2, 0.25) is 0 Å². The van der Waals surface area contributed by atoms with Crippen molar-refractivity contribution in [1.82, 2.24) is 14.9 Å². The van der Waals surface area contributed by atoms with Gasteiger partial charge in [-0.2, -0.15) is 0 Å². The van der Waals surface area contributed by atoms with Gasteiger partial charge >= 0.3 is 0 Å². The van der Waals surface area contributed by atoms with Crippen LogP contribution in [0.4, 0.5) is 0 Å². The Labute approximate surface area is 119 Å². The molecule has 8 heteroatoms. The Kier molecular flexibility index (Phi) is 5.14. The van der Waals surface area contributed by atoms with Crippen molar-refractivity contribution in [2.24, 2.45) is 0 Å². The number of hydrogen-bond acceptors (Lipinski definition) is 6. The predicted molar refractivity (Wildman–Crippen MR) is 72.5 cm³/mol. The number of likely N-dealkylation sites (tertiary alicyclic amines) is 1. The second-order valence-electron chi connectivity index (χ2n) is 4.99. The van der Waals surface area contributed by atoms with Crippen LogP contribution in [-0.4, -0.2) is 44.7 Å². The van der Waals surface area contributed by atoms with Crippen LogP contribution in [0.3, 0.4) is 0 Å². The first kappa shape index (κ1) is 15.4. The molecule has 0 radical (unpaired) electrons. The third kappa shape index (κ3) is 3.78. The van der Waals surface area contributed by atoms with Crippen LogP contribution in [0.1, 0.15) is 30.7 Å². The number of nitrogens with zero attached hydrogens (tertiary/aromatic N) is 2. The van der Waals surface area contributed by atoms with Gasteiger partial charge in [0.2, 0.25) is 0 Å². The van der Waals surface area contributed by atoms with E-state index in [0.717, 1.165) is 19.6 Å². The molecule has 0 bridgehead atoms. The molecule has 0 aliphatic carbocycles. The molecule has 1 aromatic heterocycles. The van der Waals surface area contributed by atoms with Crippen molar-refractivity contribution in [2.75, 3.05) is 26.2 Å². The third-order valence-electron chi connectivity index (χ3n) is 3.36. The fourth-order valence-corrected chi connectivity index (χ4v) is 3.54. The van der Waals surface area contributed by atoms with E-state index in [0.29, 0.717) is 12.3 Å². The molecule has 0 aromatic carbocycles. The van der Waals surface area contributed by atoms with Crippen LogP contribution in [0.25, 0.3) is 0 Å². The van der Waals surface area contributed by atoms with Crippen LogP contribution in [0.15, 0.2) is 9.42 Å². The fourth-order valence-electron chi connectivity index (χ4n) is 2.38. The van der Waals surface area contributed by atoms with Crippen molar-refractivity contribution in [3.8, 4) is 0 Å². The molecule has 1 N–H and O–H groups in total. The largest absolute Gasteiger partial charge is 0.360 e. The van der Waals surface area contributed by atoms with Gasteiger partial charge in [0.15, 0.2) is 5.76 Å². The standard InChI is InChI=1S/C12H21N3O4S/c1-10-12(11(2)19-13-10)20(16,17)14-18-9-8-15-6-4-3-5-7-15/h14H,3-9H2,1-2H3. The molecule has 1 saturated heterocycles. The highest BCUT2D eigenvalue weighted by molar-refractivity contribution is 7.89. The van der Waals surface area contributed by atoms with Gasteiger partial charge in [-0.3, -0.25) is 4.84 Å².